The van der Waals surface area contributed by atoms with E-state index in [0.29, 0.717) is 6.04 Å². The number of hydrogen-bond acceptors (Lipinski definition) is 4. The van der Waals surface area contributed by atoms with Gasteiger partial charge < -0.3 is 9.52 Å². The summed E-state index contributed by atoms with van der Waals surface area (Å²) in [6.45, 7) is 9.59. The van der Waals surface area contributed by atoms with Crippen molar-refractivity contribution in [2.75, 3.05) is 6.54 Å². The maximum absolute atomic E-state index is 10.6. The summed E-state index contributed by atoms with van der Waals surface area (Å²) in [4.78, 5) is 6.96. The SMILES string of the molecule is CC(c1ncc(C(C)(C)C)o1)N1CCCC1CC(O)c1ccccc1. The topological polar surface area (TPSA) is 49.5 Å². The first-order valence-corrected chi connectivity index (χ1v) is 9.31. The van der Waals surface area contributed by atoms with Crippen LogP contribution < -0.4 is 0 Å². The fourth-order valence-corrected chi connectivity index (χ4v) is 3.66. The minimum Gasteiger partial charge on any atom is -0.443 e. The average Bonchev–Trinajstić information content (AvgIpc) is 3.24. The number of rotatable bonds is 5. The maximum atomic E-state index is 10.6. The molecule has 4 heteroatoms. The summed E-state index contributed by atoms with van der Waals surface area (Å²) in [5.74, 6) is 1.71. The molecule has 2 aromatic rings. The third-order valence-electron chi connectivity index (χ3n) is 5.22. The van der Waals surface area contributed by atoms with E-state index >= 15 is 0 Å². The van der Waals surface area contributed by atoms with Gasteiger partial charge in [0, 0.05) is 11.5 Å². The molecule has 1 aliphatic heterocycles. The van der Waals surface area contributed by atoms with E-state index in [1.54, 1.807) is 0 Å². The van der Waals surface area contributed by atoms with Crippen LogP contribution in [0.15, 0.2) is 40.9 Å². The van der Waals surface area contributed by atoms with Gasteiger partial charge in [0.2, 0.25) is 5.89 Å². The van der Waals surface area contributed by atoms with E-state index in [2.05, 4.69) is 37.6 Å². The van der Waals surface area contributed by atoms with Crippen LogP contribution in [0.3, 0.4) is 0 Å². The molecule has 0 bridgehead atoms. The highest BCUT2D eigenvalue weighted by molar-refractivity contribution is 5.17. The van der Waals surface area contributed by atoms with Crippen LogP contribution >= 0.6 is 0 Å². The third-order valence-corrected chi connectivity index (χ3v) is 5.22. The first-order valence-electron chi connectivity index (χ1n) is 9.31. The number of benzene rings is 1. The predicted molar refractivity (Wildman–Crippen MR) is 99.4 cm³/mol. The van der Waals surface area contributed by atoms with Crippen molar-refractivity contribution in [2.24, 2.45) is 0 Å². The Bertz CT molecular complexity index is 675. The van der Waals surface area contributed by atoms with Crippen molar-refractivity contribution in [2.45, 2.75) is 70.6 Å². The Morgan fingerprint density at radius 2 is 2.00 bits per heavy atom. The quantitative estimate of drug-likeness (QED) is 0.861. The zero-order valence-electron chi connectivity index (χ0n) is 15.8. The van der Waals surface area contributed by atoms with Gasteiger partial charge in [0.25, 0.3) is 0 Å². The zero-order valence-corrected chi connectivity index (χ0v) is 15.8. The van der Waals surface area contributed by atoms with Gasteiger partial charge in [-0.15, -0.1) is 0 Å². The Morgan fingerprint density at radius 1 is 1.28 bits per heavy atom. The minimum atomic E-state index is -0.423. The second-order valence-corrected chi connectivity index (χ2v) is 8.18. The van der Waals surface area contributed by atoms with Crippen LogP contribution in [0.2, 0.25) is 0 Å². The zero-order chi connectivity index (χ0) is 18.0. The summed E-state index contributed by atoms with van der Waals surface area (Å²) >= 11 is 0. The molecule has 1 aliphatic rings. The van der Waals surface area contributed by atoms with Gasteiger partial charge in [-0.3, -0.25) is 4.90 Å². The van der Waals surface area contributed by atoms with Gasteiger partial charge in [0.15, 0.2) is 0 Å². The largest absolute Gasteiger partial charge is 0.443 e. The van der Waals surface area contributed by atoms with Crippen molar-refractivity contribution in [3.63, 3.8) is 0 Å². The van der Waals surface area contributed by atoms with Crippen LogP contribution in [0.4, 0.5) is 0 Å². The molecular formula is C21H30N2O2. The van der Waals surface area contributed by atoms with Gasteiger partial charge in [-0.2, -0.15) is 0 Å². The fourth-order valence-electron chi connectivity index (χ4n) is 3.66. The molecule has 1 aromatic carbocycles. The number of aromatic nitrogens is 1. The standard InChI is InChI=1S/C21H30N2O2/c1-15(20-22-14-19(25-20)21(2,3)4)23-12-8-11-17(23)13-18(24)16-9-6-5-7-10-16/h5-7,9-10,14-15,17-18,24H,8,11-13H2,1-4H3. The molecule has 1 saturated heterocycles. The number of oxazole rings is 1. The second kappa shape index (κ2) is 7.30. The van der Waals surface area contributed by atoms with E-state index in [-0.39, 0.29) is 11.5 Å². The smallest absolute Gasteiger partial charge is 0.211 e. The molecule has 1 N–H and O–H groups in total. The molecule has 3 unspecified atom stereocenters. The van der Waals surface area contributed by atoms with Gasteiger partial charge in [0.05, 0.1) is 18.3 Å². The van der Waals surface area contributed by atoms with E-state index < -0.39 is 6.10 Å². The van der Waals surface area contributed by atoms with Crippen molar-refractivity contribution in [1.29, 1.82) is 0 Å². The van der Waals surface area contributed by atoms with Crippen LogP contribution in [0.25, 0.3) is 0 Å². The molecule has 0 aliphatic carbocycles. The Kier molecular flexibility index (Phi) is 5.30. The third kappa shape index (κ3) is 4.13. The van der Waals surface area contributed by atoms with Crippen molar-refractivity contribution in [3.05, 3.63) is 53.7 Å². The van der Waals surface area contributed by atoms with E-state index in [9.17, 15) is 5.11 Å². The molecule has 136 valence electrons. The first kappa shape index (κ1) is 18.2. The van der Waals surface area contributed by atoms with Gasteiger partial charge >= 0.3 is 0 Å². The summed E-state index contributed by atoms with van der Waals surface area (Å²) in [7, 11) is 0. The molecular weight excluding hydrogens is 312 g/mol. The summed E-state index contributed by atoms with van der Waals surface area (Å²) in [5, 5.41) is 10.6. The summed E-state index contributed by atoms with van der Waals surface area (Å²) in [6.07, 6.45) is 4.45. The molecule has 1 fully saturated rings. The summed E-state index contributed by atoms with van der Waals surface area (Å²) in [5.41, 5.74) is 0.965. The second-order valence-electron chi connectivity index (χ2n) is 8.18. The van der Waals surface area contributed by atoms with E-state index in [1.165, 1.54) is 0 Å². The van der Waals surface area contributed by atoms with Crippen LogP contribution in [0.5, 0.6) is 0 Å². The molecule has 1 aromatic heterocycles. The number of likely N-dealkylation sites (tertiary alicyclic amines) is 1. The van der Waals surface area contributed by atoms with Crippen LogP contribution in [0.1, 0.15) is 76.3 Å². The molecule has 2 heterocycles. The van der Waals surface area contributed by atoms with Gasteiger partial charge in [-0.25, -0.2) is 4.98 Å². The lowest BCUT2D eigenvalue weighted by molar-refractivity contribution is 0.0948. The molecule has 0 spiro atoms. The normalized spacial score (nSPS) is 21.4. The minimum absolute atomic E-state index is 0.0289. The van der Waals surface area contributed by atoms with Gasteiger partial charge in [-0.1, -0.05) is 51.1 Å². The van der Waals surface area contributed by atoms with Crippen LogP contribution in [0, 0.1) is 0 Å². The molecule has 0 saturated carbocycles. The lowest BCUT2D eigenvalue weighted by Gasteiger charge is -2.30. The summed E-state index contributed by atoms with van der Waals surface area (Å²) < 4.78 is 6.04. The van der Waals surface area contributed by atoms with Gasteiger partial charge in [0.1, 0.15) is 5.76 Å². The van der Waals surface area contributed by atoms with Crippen molar-refractivity contribution in [1.82, 2.24) is 9.88 Å². The van der Waals surface area contributed by atoms with Crippen LogP contribution in [-0.4, -0.2) is 27.6 Å². The van der Waals surface area contributed by atoms with Crippen molar-refractivity contribution in [3.8, 4) is 0 Å². The molecule has 0 radical (unpaired) electrons. The average molecular weight is 342 g/mol. The molecule has 3 rings (SSSR count). The van der Waals surface area contributed by atoms with Crippen molar-refractivity contribution < 1.29 is 9.52 Å². The maximum Gasteiger partial charge on any atom is 0.211 e. The highest BCUT2D eigenvalue weighted by atomic mass is 16.4. The fraction of sp³-hybridized carbons (Fsp3) is 0.571. The van der Waals surface area contributed by atoms with E-state index in [4.69, 9.17) is 4.42 Å². The molecule has 25 heavy (non-hydrogen) atoms. The number of hydrogen-bond donors (Lipinski definition) is 1. The van der Waals surface area contributed by atoms with Crippen molar-refractivity contribution >= 4 is 0 Å². The Morgan fingerprint density at radius 3 is 2.64 bits per heavy atom. The lowest BCUT2D eigenvalue weighted by Crippen LogP contribution is -2.33. The first-order chi connectivity index (χ1) is 11.9. The van der Waals surface area contributed by atoms with Crippen LogP contribution in [-0.2, 0) is 5.41 Å². The highest BCUT2D eigenvalue weighted by Gasteiger charge is 2.33. The Balaban J connectivity index is 1.69. The Labute approximate surface area is 150 Å². The highest BCUT2D eigenvalue weighted by Crippen LogP contribution is 2.34. The molecule has 4 nitrogen and oxygen atoms in total. The lowest BCUT2D eigenvalue weighted by atomic mass is 9.94. The summed E-state index contributed by atoms with van der Waals surface area (Å²) in [6, 6.07) is 10.4. The Hall–Kier alpha value is -1.65. The van der Waals surface area contributed by atoms with E-state index in [1.807, 2.05) is 36.5 Å². The number of aliphatic hydroxyl groups excluding tert-OH is 1. The predicted octanol–water partition coefficient (Wildman–Crippen LogP) is 4.62. The molecule has 0 amide bonds. The van der Waals surface area contributed by atoms with Gasteiger partial charge in [-0.05, 0) is 38.3 Å². The van der Waals surface area contributed by atoms with E-state index in [0.717, 1.165) is 43.0 Å². The molecule has 3 atom stereocenters. The number of nitrogens with zero attached hydrogens (tertiary/aromatic N) is 2. The monoisotopic (exact) mass is 342 g/mol. The number of aliphatic hydroxyl groups is 1.